The molecule has 4 heteroatoms. The Morgan fingerprint density at radius 1 is 1.32 bits per heavy atom. The van der Waals surface area contributed by atoms with Crippen molar-refractivity contribution in [2.45, 2.75) is 19.8 Å². The summed E-state index contributed by atoms with van der Waals surface area (Å²) in [6, 6.07) is 9.26. The Morgan fingerprint density at radius 3 is 2.63 bits per heavy atom. The topological polar surface area (TPSA) is 66.4 Å². The van der Waals surface area contributed by atoms with Crippen LogP contribution >= 0.6 is 0 Å². The molecule has 100 valence electrons. The van der Waals surface area contributed by atoms with Crippen LogP contribution < -0.4 is 5.32 Å². The normalized spacial score (nSPS) is 11.0. The van der Waals surface area contributed by atoms with E-state index in [0.29, 0.717) is 13.0 Å². The molecular formula is C15H17NO3. The molecule has 0 spiro atoms. The Labute approximate surface area is 112 Å². The molecular weight excluding hydrogens is 242 g/mol. The summed E-state index contributed by atoms with van der Waals surface area (Å²) in [6.45, 7) is 2.34. The fourth-order valence-corrected chi connectivity index (χ4v) is 1.43. The van der Waals surface area contributed by atoms with Gasteiger partial charge in [0.15, 0.2) is 0 Å². The zero-order chi connectivity index (χ0) is 14.1. The quantitative estimate of drug-likeness (QED) is 0.790. The lowest BCUT2D eigenvalue weighted by molar-refractivity contribution is -0.137. The molecule has 0 aliphatic rings. The van der Waals surface area contributed by atoms with Crippen molar-refractivity contribution in [3.8, 4) is 11.8 Å². The van der Waals surface area contributed by atoms with Crippen molar-refractivity contribution in [1.82, 2.24) is 5.32 Å². The third-order valence-corrected chi connectivity index (χ3v) is 2.56. The van der Waals surface area contributed by atoms with Gasteiger partial charge in [0, 0.05) is 24.4 Å². The zero-order valence-electron chi connectivity index (χ0n) is 10.8. The molecule has 0 saturated heterocycles. The number of nitrogens with one attached hydrogen (secondary N) is 1. The van der Waals surface area contributed by atoms with Gasteiger partial charge in [-0.25, -0.2) is 0 Å². The number of carboxylic acid groups (broad SMARTS) is 1. The molecule has 0 aromatic heterocycles. The minimum absolute atomic E-state index is 0.118. The molecule has 0 heterocycles. The fraction of sp³-hybridized carbons (Fsp3) is 0.333. The summed E-state index contributed by atoms with van der Waals surface area (Å²) in [5.74, 6) is 4.23. The Balaban J connectivity index is 2.32. The van der Waals surface area contributed by atoms with Crippen molar-refractivity contribution in [2.75, 3.05) is 6.54 Å². The first-order chi connectivity index (χ1) is 9.08. The molecule has 1 aromatic carbocycles. The molecule has 0 bridgehead atoms. The first-order valence-electron chi connectivity index (χ1n) is 6.14. The van der Waals surface area contributed by atoms with Gasteiger partial charge in [-0.05, 0) is 24.5 Å². The molecule has 1 aromatic rings. The van der Waals surface area contributed by atoms with E-state index in [9.17, 15) is 9.59 Å². The number of aliphatic carboxylic acids is 1. The van der Waals surface area contributed by atoms with E-state index in [0.717, 1.165) is 5.56 Å². The average Bonchev–Trinajstić information content (AvgIpc) is 2.41. The summed E-state index contributed by atoms with van der Waals surface area (Å²) < 4.78 is 0. The molecule has 0 radical (unpaired) electrons. The van der Waals surface area contributed by atoms with E-state index < -0.39 is 5.97 Å². The summed E-state index contributed by atoms with van der Waals surface area (Å²) in [5, 5.41) is 11.2. The highest BCUT2D eigenvalue weighted by molar-refractivity contribution is 5.94. The van der Waals surface area contributed by atoms with Gasteiger partial charge < -0.3 is 10.4 Å². The highest BCUT2D eigenvalue weighted by atomic mass is 16.4. The van der Waals surface area contributed by atoms with Gasteiger partial charge in [0.25, 0.3) is 5.91 Å². The summed E-state index contributed by atoms with van der Waals surface area (Å²) >= 11 is 0. The highest BCUT2D eigenvalue weighted by Crippen LogP contribution is 2.03. The molecule has 0 fully saturated rings. The molecule has 1 rings (SSSR count). The van der Waals surface area contributed by atoms with Crippen LogP contribution in [0.4, 0.5) is 0 Å². The maximum atomic E-state index is 11.5. The molecule has 0 aliphatic heterocycles. The van der Waals surface area contributed by atoms with Gasteiger partial charge in [-0.2, -0.15) is 0 Å². The van der Waals surface area contributed by atoms with Crippen LogP contribution in [0.25, 0.3) is 0 Å². The third kappa shape index (κ3) is 6.89. The van der Waals surface area contributed by atoms with Crippen LogP contribution in [0.2, 0.25) is 0 Å². The van der Waals surface area contributed by atoms with Crippen molar-refractivity contribution in [3.05, 3.63) is 35.9 Å². The van der Waals surface area contributed by atoms with E-state index in [1.54, 1.807) is 0 Å². The molecule has 2 N–H and O–H groups in total. The second-order valence-electron chi connectivity index (χ2n) is 4.36. The number of hydrogen-bond acceptors (Lipinski definition) is 2. The number of amides is 1. The van der Waals surface area contributed by atoms with E-state index in [2.05, 4.69) is 17.2 Å². The summed E-state index contributed by atoms with van der Waals surface area (Å²) in [4.78, 5) is 21.8. The largest absolute Gasteiger partial charge is 0.481 e. The van der Waals surface area contributed by atoms with Crippen molar-refractivity contribution in [3.63, 3.8) is 0 Å². The Kier molecular flexibility index (Phi) is 6.17. The molecule has 4 nitrogen and oxygen atoms in total. The lowest BCUT2D eigenvalue weighted by atomic mass is 10.1. The first-order valence-corrected chi connectivity index (χ1v) is 6.14. The van der Waals surface area contributed by atoms with Crippen molar-refractivity contribution in [1.29, 1.82) is 0 Å². The molecule has 0 aliphatic carbocycles. The minimum atomic E-state index is -0.818. The van der Waals surface area contributed by atoms with Crippen LogP contribution in [-0.4, -0.2) is 23.5 Å². The molecule has 0 saturated carbocycles. The van der Waals surface area contributed by atoms with E-state index in [-0.39, 0.29) is 18.2 Å². The van der Waals surface area contributed by atoms with E-state index in [1.807, 2.05) is 37.3 Å². The zero-order valence-corrected chi connectivity index (χ0v) is 10.8. The lowest BCUT2D eigenvalue weighted by Crippen LogP contribution is -2.27. The minimum Gasteiger partial charge on any atom is -0.481 e. The maximum Gasteiger partial charge on any atom is 0.303 e. The molecule has 1 unspecified atom stereocenters. The van der Waals surface area contributed by atoms with Gasteiger partial charge in [-0.1, -0.05) is 31.0 Å². The molecule has 19 heavy (non-hydrogen) atoms. The molecule has 1 amide bonds. The Morgan fingerprint density at radius 2 is 2.00 bits per heavy atom. The number of benzene rings is 1. The Bertz CT molecular complexity index is 485. The van der Waals surface area contributed by atoms with Crippen LogP contribution in [0.3, 0.4) is 0 Å². The van der Waals surface area contributed by atoms with Crippen molar-refractivity contribution in [2.24, 2.45) is 5.92 Å². The fourth-order valence-electron chi connectivity index (χ4n) is 1.43. The van der Waals surface area contributed by atoms with Gasteiger partial charge in [-0.15, -0.1) is 0 Å². The van der Waals surface area contributed by atoms with Gasteiger partial charge in [-0.3, -0.25) is 9.59 Å². The molecule has 1 atom stereocenters. The second kappa shape index (κ2) is 7.93. The van der Waals surface area contributed by atoms with Crippen LogP contribution in [0.15, 0.2) is 30.3 Å². The van der Waals surface area contributed by atoms with Crippen LogP contribution in [0.5, 0.6) is 0 Å². The van der Waals surface area contributed by atoms with E-state index >= 15 is 0 Å². The first kappa shape index (κ1) is 14.8. The van der Waals surface area contributed by atoms with Crippen LogP contribution in [-0.2, 0) is 9.59 Å². The predicted molar refractivity (Wildman–Crippen MR) is 72.4 cm³/mol. The summed E-state index contributed by atoms with van der Waals surface area (Å²) in [7, 11) is 0. The maximum absolute atomic E-state index is 11.5. The van der Waals surface area contributed by atoms with Crippen LogP contribution in [0, 0.1) is 17.8 Å². The monoisotopic (exact) mass is 259 g/mol. The number of carbonyl (C=O) groups is 2. The van der Waals surface area contributed by atoms with Gasteiger partial charge >= 0.3 is 5.97 Å². The number of carboxylic acids is 1. The average molecular weight is 259 g/mol. The lowest BCUT2D eigenvalue weighted by Gasteiger charge is -2.09. The van der Waals surface area contributed by atoms with Crippen molar-refractivity contribution >= 4 is 11.9 Å². The van der Waals surface area contributed by atoms with Crippen LogP contribution in [0.1, 0.15) is 25.3 Å². The van der Waals surface area contributed by atoms with Gasteiger partial charge in [0.2, 0.25) is 0 Å². The SMILES string of the molecule is CC(CCC(=O)O)CNC(=O)C#Cc1ccccc1. The summed E-state index contributed by atoms with van der Waals surface area (Å²) in [5.41, 5.74) is 0.788. The Hall–Kier alpha value is -2.28. The smallest absolute Gasteiger partial charge is 0.303 e. The number of hydrogen-bond donors (Lipinski definition) is 2. The number of carbonyl (C=O) groups excluding carboxylic acids is 1. The standard InChI is InChI=1S/C15H17NO3/c1-12(7-10-15(18)19)11-16-14(17)9-8-13-5-3-2-4-6-13/h2-6,12H,7,10-11H2,1H3,(H,16,17)(H,18,19). The predicted octanol–water partition coefficient (Wildman–Crippen LogP) is 1.66. The van der Waals surface area contributed by atoms with Gasteiger partial charge in [0.1, 0.15) is 0 Å². The van der Waals surface area contributed by atoms with Crippen molar-refractivity contribution < 1.29 is 14.7 Å². The highest BCUT2D eigenvalue weighted by Gasteiger charge is 2.06. The van der Waals surface area contributed by atoms with E-state index in [4.69, 9.17) is 5.11 Å². The second-order valence-corrected chi connectivity index (χ2v) is 4.36. The van der Waals surface area contributed by atoms with Gasteiger partial charge in [0.05, 0.1) is 0 Å². The number of rotatable bonds is 5. The summed E-state index contributed by atoms with van der Waals surface area (Å²) in [6.07, 6.45) is 0.661. The third-order valence-electron chi connectivity index (χ3n) is 2.56. The van der Waals surface area contributed by atoms with E-state index in [1.165, 1.54) is 0 Å².